The molecular formula is C41H88O11P2. The molecule has 0 fully saturated rings. The Hall–Kier alpha value is 0.100. The molecule has 0 atom stereocenters. The van der Waals surface area contributed by atoms with Gasteiger partial charge in [0, 0.05) is 0 Å². The molecule has 0 aromatic carbocycles. The van der Waals surface area contributed by atoms with Gasteiger partial charge in [-0.2, -0.15) is 4.31 Å². The molecule has 0 aromatic heterocycles. The van der Waals surface area contributed by atoms with E-state index in [0.29, 0.717) is 12.8 Å². The van der Waals surface area contributed by atoms with E-state index in [9.17, 15) is 29.6 Å². The van der Waals surface area contributed by atoms with Crippen LogP contribution in [0.4, 0.5) is 0 Å². The van der Waals surface area contributed by atoms with E-state index in [1.807, 2.05) is 0 Å². The number of unbranched alkanes of at least 4 members (excludes halogenated alkanes) is 30. The number of rotatable bonds is 40. The highest BCUT2D eigenvalue weighted by Crippen LogP contribution is 2.53. The maximum Gasteiger partial charge on any atom is 0.478 e. The zero-order valence-corrected chi connectivity index (χ0v) is 36.6. The lowest BCUT2D eigenvalue weighted by atomic mass is 9.68. The molecule has 0 amide bonds. The predicted octanol–water partition coefficient (Wildman–Crippen LogP) is 11.2. The van der Waals surface area contributed by atoms with Crippen LogP contribution in [0.2, 0.25) is 0 Å². The van der Waals surface area contributed by atoms with Crippen LogP contribution in [0.5, 0.6) is 0 Å². The fourth-order valence-electron chi connectivity index (χ4n) is 7.32. The van der Waals surface area contributed by atoms with E-state index in [1.54, 1.807) is 0 Å². The molecule has 0 aliphatic heterocycles. The summed E-state index contributed by atoms with van der Waals surface area (Å²) in [6, 6.07) is 0. The van der Waals surface area contributed by atoms with Crippen molar-refractivity contribution in [3.8, 4) is 0 Å². The van der Waals surface area contributed by atoms with Gasteiger partial charge in [0.1, 0.15) is 0 Å². The van der Waals surface area contributed by atoms with E-state index in [-0.39, 0.29) is 19.8 Å². The summed E-state index contributed by atoms with van der Waals surface area (Å²) < 4.78 is 22.2. The van der Waals surface area contributed by atoms with E-state index in [1.165, 1.54) is 180 Å². The fraction of sp³-hybridized carbons (Fsp3) is 1.00. The Bertz CT molecular complexity index is 813. The summed E-state index contributed by atoms with van der Waals surface area (Å²) in [6.07, 6.45) is 43.0. The highest BCUT2D eigenvalue weighted by Gasteiger charge is 2.48. The first-order valence-electron chi connectivity index (χ1n) is 22.1. The molecule has 13 heteroatoms. The number of hydrogen-bond acceptors (Lipinski definition) is 7. The summed E-state index contributed by atoms with van der Waals surface area (Å²) >= 11 is 0. The van der Waals surface area contributed by atoms with Gasteiger partial charge in [0.2, 0.25) is 0 Å². The van der Waals surface area contributed by atoms with Gasteiger partial charge >= 0.3 is 15.6 Å². The van der Waals surface area contributed by atoms with Crippen molar-refractivity contribution in [2.24, 2.45) is 5.41 Å². The van der Waals surface area contributed by atoms with Crippen molar-refractivity contribution >= 4 is 15.6 Å². The average molecular weight is 819 g/mol. The van der Waals surface area contributed by atoms with Crippen molar-refractivity contribution in [1.82, 2.24) is 0 Å². The highest BCUT2D eigenvalue weighted by atomic mass is 31.3. The van der Waals surface area contributed by atoms with Crippen LogP contribution in [-0.4, -0.2) is 65.4 Å². The molecule has 0 rings (SSSR count). The van der Waals surface area contributed by atoms with Gasteiger partial charge in [0.15, 0.2) is 0 Å². The molecule has 0 saturated heterocycles. The lowest BCUT2D eigenvalue weighted by Gasteiger charge is -2.44. The lowest BCUT2D eigenvalue weighted by Crippen LogP contribution is -2.55. The molecule has 0 unspecified atom stereocenters. The third-order valence-corrected chi connectivity index (χ3v) is 12.7. The minimum atomic E-state index is -5.05. The third-order valence-electron chi connectivity index (χ3n) is 11.0. The zero-order chi connectivity index (χ0) is 40.9. The molecule has 0 bridgehead atoms. The molecule has 0 aliphatic rings. The summed E-state index contributed by atoms with van der Waals surface area (Å²) in [4.78, 5) is 31.0. The first-order valence-corrected chi connectivity index (χ1v) is 25.2. The Morgan fingerprint density at radius 3 is 0.704 bits per heavy atom. The molecule has 0 heterocycles. The van der Waals surface area contributed by atoms with Crippen LogP contribution in [0.15, 0.2) is 0 Å². The van der Waals surface area contributed by atoms with Gasteiger partial charge in [-0.05, 0) is 12.8 Å². The van der Waals surface area contributed by atoms with E-state index in [2.05, 4.69) is 18.2 Å². The minimum absolute atomic E-state index is 0.381. The first kappa shape index (κ1) is 56.2. The summed E-state index contributed by atoms with van der Waals surface area (Å²) in [5.41, 5.74) is -2.44. The van der Waals surface area contributed by atoms with Crippen LogP contribution >= 0.6 is 15.6 Å². The summed E-state index contributed by atoms with van der Waals surface area (Å²) in [6.45, 7) is 3.42. The SMILES string of the molecule is CCCCCCCCCCCCCCCCCCC(O)(CCCCCCCCCCCCCCCCCC)C(CO)(CO)CO.O=P(O)(O)OP(=O)(O)O. The number of aliphatic hydroxyl groups is 4. The average Bonchev–Trinajstić information content (AvgIpc) is 3.11. The van der Waals surface area contributed by atoms with Gasteiger partial charge in [0.05, 0.1) is 30.8 Å². The summed E-state index contributed by atoms with van der Waals surface area (Å²) in [5, 5.41) is 42.0. The first-order chi connectivity index (χ1) is 25.8. The van der Waals surface area contributed by atoms with Gasteiger partial charge in [-0.1, -0.05) is 219 Å². The van der Waals surface area contributed by atoms with Crippen molar-refractivity contribution in [3.63, 3.8) is 0 Å². The van der Waals surface area contributed by atoms with Gasteiger partial charge in [0.25, 0.3) is 0 Å². The summed E-state index contributed by atoms with van der Waals surface area (Å²) in [5.74, 6) is 0. The predicted molar refractivity (Wildman–Crippen MR) is 222 cm³/mol. The van der Waals surface area contributed by atoms with Gasteiger partial charge in [-0.3, -0.25) is 0 Å². The molecule has 8 N–H and O–H groups in total. The lowest BCUT2D eigenvalue weighted by molar-refractivity contribution is -0.162. The van der Waals surface area contributed by atoms with Crippen molar-refractivity contribution < 1.29 is 53.4 Å². The van der Waals surface area contributed by atoms with Gasteiger partial charge in [-0.25, -0.2) is 9.13 Å². The maximum absolute atomic E-state index is 11.7. The van der Waals surface area contributed by atoms with Crippen molar-refractivity contribution in [3.05, 3.63) is 0 Å². The van der Waals surface area contributed by atoms with Crippen molar-refractivity contribution in [2.75, 3.05) is 19.8 Å². The van der Waals surface area contributed by atoms with Crippen LogP contribution in [0.3, 0.4) is 0 Å². The molecule has 11 nitrogen and oxygen atoms in total. The summed E-state index contributed by atoms with van der Waals surface area (Å²) in [7, 11) is -10.1. The Labute approximate surface area is 331 Å². The Balaban J connectivity index is 0. The Kier molecular flexibility index (Phi) is 38.9. The zero-order valence-electron chi connectivity index (χ0n) is 34.9. The Morgan fingerprint density at radius 2 is 0.556 bits per heavy atom. The van der Waals surface area contributed by atoms with Crippen molar-refractivity contribution in [1.29, 1.82) is 0 Å². The quantitative estimate of drug-likeness (QED) is 0.0216. The number of phosphoric acid groups is 2. The second kappa shape index (κ2) is 37.4. The fourth-order valence-corrected chi connectivity index (χ4v) is 8.42. The molecule has 0 aliphatic carbocycles. The molecule has 54 heavy (non-hydrogen) atoms. The minimum Gasteiger partial charge on any atom is -0.395 e. The normalized spacial score (nSPS) is 12.6. The standard InChI is InChI=1S/C41H84O4.H4O7P2/c1-3-5-7-9-11-13-15-17-19-21-23-25-27-29-31-33-35-41(45,40(37-42,38-43)39-44)36-34-32-30-28-26-24-22-20-18-16-14-12-10-8-6-4-2;1-8(2,3)7-9(4,5)6/h42-45H,3-39H2,1-2H3;(H2,1,2,3)(H2,4,5,6). The topological polar surface area (TPSA) is 205 Å². The number of hydrogen-bond donors (Lipinski definition) is 8. The second-order valence-corrected chi connectivity index (χ2v) is 18.6. The van der Waals surface area contributed by atoms with E-state index in [0.717, 1.165) is 25.7 Å². The van der Waals surface area contributed by atoms with Crippen LogP contribution in [0.1, 0.15) is 232 Å². The molecule has 0 spiro atoms. The third kappa shape index (κ3) is 35.3. The largest absolute Gasteiger partial charge is 0.478 e. The van der Waals surface area contributed by atoms with Crippen LogP contribution in [0, 0.1) is 5.41 Å². The van der Waals surface area contributed by atoms with Gasteiger partial charge in [-0.15, -0.1) is 0 Å². The molecule has 0 radical (unpaired) electrons. The monoisotopic (exact) mass is 819 g/mol. The number of aliphatic hydroxyl groups excluding tert-OH is 3. The van der Waals surface area contributed by atoms with E-state index in [4.69, 9.17) is 19.6 Å². The molecule has 0 aromatic rings. The molecule has 0 saturated carbocycles. The van der Waals surface area contributed by atoms with Crippen LogP contribution in [0.25, 0.3) is 0 Å². The van der Waals surface area contributed by atoms with Gasteiger partial charge < -0.3 is 40.0 Å². The molecular weight excluding hydrogens is 730 g/mol. The Morgan fingerprint density at radius 1 is 0.370 bits per heavy atom. The van der Waals surface area contributed by atoms with Crippen molar-refractivity contribution in [2.45, 2.75) is 238 Å². The van der Waals surface area contributed by atoms with Crippen LogP contribution in [-0.2, 0) is 13.4 Å². The van der Waals surface area contributed by atoms with Crippen LogP contribution < -0.4 is 0 Å². The highest BCUT2D eigenvalue weighted by molar-refractivity contribution is 7.60. The maximum atomic E-state index is 11.7. The second-order valence-electron chi connectivity index (χ2n) is 16.0. The smallest absolute Gasteiger partial charge is 0.395 e. The molecule has 328 valence electrons. The van der Waals surface area contributed by atoms with E-state index < -0.39 is 26.7 Å². The van der Waals surface area contributed by atoms with E-state index >= 15 is 0 Å².